The Morgan fingerprint density at radius 3 is 2.66 bits per heavy atom. The van der Waals surface area contributed by atoms with Crippen LogP contribution in [0.2, 0.25) is 0 Å². The molecule has 3 heterocycles. The van der Waals surface area contributed by atoms with E-state index in [1.54, 1.807) is 7.11 Å². The molecule has 3 atom stereocenters. The van der Waals surface area contributed by atoms with Crippen molar-refractivity contribution in [1.82, 2.24) is 20.7 Å². The SMILES string of the molecule is COC(N)(NN)C1CN([C@@H]2CCCNC2)N=C1c1ccc(-c2nc3ccccc3o2)cc1. The number of hydrazine groups is 1. The molecular formula is C23H29N7O2. The van der Waals surface area contributed by atoms with E-state index in [0.717, 1.165) is 53.9 Å². The van der Waals surface area contributed by atoms with Crippen molar-refractivity contribution in [3.05, 3.63) is 54.1 Å². The second-order valence-corrected chi connectivity index (χ2v) is 8.37. The molecule has 3 aromatic rings. The molecule has 0 radical (unpaired) electrons. The van der Waals surface area contributed by atoms with E-state index in [1.807, 2.05) is 48.5 Å². The summed E-state index contributed by atoms with van der Waals surface area (Å²) in [6.45, 7) is 2.58. The van der Waals surface area contributed by atoms with Crippen molar-refractivity contribution in [3.8, 4) is 11.5 Å². The van der Waals surface area contributed by atoms with Crippen LogP contribution in [0.15, 0.2) is 58.0 Å². The lowest BCUT2D eigenvalue weighted by molar-refractivity contribution is -0.0656. The Kier molecular flexibility index (Phi) is 5.66. The number of aromatic nitrogens is 1. The molecule has 1 fully saturated rings. The number of oxazole rings is 1. The lowest BCUT2D eigenvalue weighted by atomic mass is 9.92. The van der Waals surface area contributed by atoms with Crippen molar-refractivity contribution >= 4 is 16.8 Å². The molecule has 1 aromatic heterocycles. The normalized spacial score (nSPS) is 23.3. The van der Waals surface area contributed by atoms with E-state index in [9.17, 15) is 0 Å². The molecular weight excluding hydrogens is 406 g/mol. The third kappa shape index (κ3) is 3.78. The molecule has 0 bridgehead atoms. The summed E-state index contributed by atoms with van der Waals surface area (Å²) in [6, 6.07) is 16.1. The molecule has 2 aliphatic heterocycles. The Balaban J connectivity index is 1.46. The number of benzene rings is 2. The third-order valence-electron chi connectivity index (χ3n) is 6.43. The minimum atomic E-state index is -1.23. The molecule has 0 amide bonds. The van der Waals surface area contributed by atoms with Gasteiger partial charge in [0, 0.05) is 19.2 Å². The van der Waals surface area contributed by atoms with Gasteiger partial charge in [0.1, 0.15) is 5.52 Å². The Hall–Kier alpha value is -2.82. The molecule has 32 heavy (non-hydrogen) atoms. The maximum atomic E-state index is 6.48. The molecule has 0 aliphatic carbocycles. The van der Waals surface area contributed by atoms with Crippen LogP contribution >= 0.6 is 0 Å². The van der Waals surface area contributed by atoms with Crippen molar-refractivity contribution in [1.29, 1.82) is 0 Å². The molecule has 5 rings (SSSR count). The zero-order valence-corrected chi connectivity index (χ0v) is 18.1. The summed E-state index contributed by atoms with van der Waals surface area (Å²) in [5, 5.41) is 10.6. The number of methoxy groups -OCH3 is 1. The van der Waals surface area contributed by atoms with E-state index in [0.29, 0.717) is 18.5 Å². The summed E-state index contributed by atoms with van der Waals surface area (Å²) in [7, 11) is 1.55. The Morgan fingerprint density at radius 1 is 1.19 bits per heavy atom. The maximum Gasteiger partial charge on any atom is 0.227 e. The topological polar surface area (TPSA) is 127 Å². The van der Waals surface area contributed by atoms with Crippen molar-refractivity contribution in [2.45, 2.75) is 24.7 Å². The minimum absolute atomic E-state index is 0.241. The molecule has 2 unspecified atom stereocenters. The van der Waals surface area contributed by atoms with Gasteiger partial charge in [-0.15, -0.1) is 0 Å². The zero-order chi connectivity index (χ0) is 22.1. The van der Waals surface area contributed by atoms with Crippen molar-refractivity contribution in [3.63, 3.8) is 0 Å². The first-order valence-electron chi connectivity index (χ1n) is 11.0. The number of nitrogens with one attached hydrogen (secondary N) is 2. The first-order valence-corrected chi connectivity index (χ1v) is 11.0. The number of nitrogens with two attached hydrogens (primary N) is 2. The molecule has 0 saturated carbocycles. The second kappa shape index (κ2) is 8.61. The molecule has 168 valence electrons. The lowest BCUT2D eigenvalue weighted by Gasteiger charge is -2.35. The molecule has 0 spiro atoms. The number of fused-ring (bicyclic) bond motifs is 1. The van der Waals surface area contributed by atoms with Crippen LogP contribution in [-0.4, -0.2) is 54.3 Å². The summed E-state index contributed by atoms with van der Waals surface area (Å²) in [4.78, 5) is 4.59. The average Bonchev–Trinajstić information content (AvgIpc) is 3.50. The number of hydrogen-bond acceptors (Lipinski definition) is 9. The highest BCUT2D eigenvalue weighted by Crippen LogP contribution is 2.31. The van der Waals surface area contributed by atoms with Gasteiger partial charge in [-0.2, -0.15) is 5.10 Å². The predicted molar refractivity (Wildman–Crippen MR) is 123 cm³/mol. The summed E-state index contributed by atoms with van der Waals surface area (Å²) in [5.41, 5.74) is 13.4. The van der Waals surface area contributed by atoms with E-state index in [-0.39, 0.29) is 5.92 Å². The number of hydrazone groups is 1. The molecule has 2 aliphatic rings. The number of hydrogen-bond donors (Lipinski definition) is 4. The summed E-state index contributed by atoms with van der Waals surface area (Å²) < 4.78 is 11.5. The van der Waals surface area contributed by atoms with Gasteiger partial charge in [-0.05, 0) is 49.2 Å². The van der Waals surface area contributed by atoms with Gasteiger partial charge in [0.25, 0.3) is 0 Å². The molecule has 2 aromatic carbocycles. The van der Waals surface area contributed by atoms with Crippen LogP contribution in [0.3, 0.4) is 0 Å². The standard InChI is InChI=1S/C23H29N7O2/c1-31-23(24,29-25)18-14-30(17-5-4-12-26-13-17)28-21(18)15-8-10-16(11-9-15)22-27-19-6-2-3-7-20(19)32-22/h2-3,6-11,17-18,26,29H,4-5,12-14,24-25H2,1H3/t17-,18?,23?/m1/s1. The van der Waals surface area contributed by atoms with Crippen LogP contribution in [0.1, 0.15) is 18.4 Å². The minimum Gasteiger partial charge on any atom is -0.436 e. The van der Waals surface area contributed by atoms with Crippen LogP contribution in [0.4, 0.5) is 0 Å². The fraction of sp³-hybridized carbons (Fsp3) is 0.391. The van der Waals surface area contributed by atoms with Gasteiger partial charge >= 0.3 is 0 Å². The number of ether oxygens (including phenoxy) is 1. The van der Waals surface area contributed by atoms with Crippen molar-refractivity contribution in [2.75, 3.05) is 26.7 Å². The first kappa shape index (κ1) is 21.0. The van der Waals surface area contributed by atoms with Crippen LogP contribution in [0.5, 0.6) is 0 Å². The summed E-state index contributed by atoms with van der Waals surface area (Å²) >= 11 is 0. The van der Waals surface area contributed by atoms with Crippen LogP contribution in [-0.2, 0) is 4.74 Å². The molecule has 9 heteroatoms. The first-order chi connectivity index (χ1) is 15.6. The highest BCUT2D eigenvalue weighted by atomic mass is 16.5. The van der Waals surface area contributed by atoms with E-state index in [1.165, 1.54) is 0 Å². The third-order valence-corrected chi connectivity index (χ3v) is 6.43. The van der Waals surface area contributed by atoms with Crippen molar-refractivity contribution in [2.24, 2.45) is 22.6 Å². The van der Waals surface area contributed by atoms with Gasteiger partial charge in [-0.3, -0.25) is 16.6 Å². The quantitative estimate of drug-likeness (QED) is 0.261. The maximum absolute atomic E-state index is 6.48. The van der Waals surface area contributed by atoms with Gasteiger partial charge < -0.3 is 14.5 Å². The second-order valence-electron chi connectivity index (χ2n) is 8.37. The number of rotatable bonds is 6. The highest BCUT2D eigenvalue weighted by molar-refractivity contribution is 6.04. The van der Waals surface area contributed by atoms with Gasteiger partial charge in [-0.1, -0.05) is 24.3 Å². The monoisotopic (exact) mass is 435 g/mol. The molecule has 1 saturated heterocycles. The van der Waals surface area contributed by atoms with Gasteiger partial charge in [-0.25, -0.2) is 10.4 Å². The van der Waals surface area contributed by atoms with Crippen LogP contribution in [0.25, 0.3) is 22.6 Å². The zero-order valence-electron chi connectivity index (χ0n) is 18.1. The van der Waals surface area contributed by atoms with Gasteiger partial charge in [0.05, 0.1) is 24.2 Å². The van der Waals surface area contributed by atoms with Crippen LogP contribution < -0.4 is 22.3 Å². The smallest absolute Gasteiger partial charge is 0.227 e. The van der Waals surface area contributed by atoms with Crippen molar-refractivity contribution < 1.29 is 9.15 Å². The number of piperidine rings is 1. The lowest BCUT2D eigenvalue weighted by Crippen LogP contribution is -2.65. The van der Waals surface area contributed by atoms with E-state index >= 15 is 0 Å². The van der Waals surface area contributed by atoms with Gasteiger partial charge in [0.2, 0.25) is 5.89 Å². The Bertz CT molecular complexity index is 1070. The van der Waals surface area contributed by atoms with Gasteiger partial charge in [0.15, 0.2) is 11.4 Å². The van der Waals surface area contributed by atoms with E-state index < -0.39 is 5.85 Å². The number of nitrogens with zero attached hydrogens (tertiary/aromatic N) is 3. The predicted octanol–water partition coefficient (Wildman–Crippen LogP) is 1.60. The fourth-order valence-electron chi connectivity index (χ4n) is 4.52. The highest BCUT2D eigenvalue weighted by Gasteiger charge is 2.44. The van der Waals surface area contributed by atoms with E-state index in [4.69, 9.17) is 25.8 Å². The Labute approximate surface area is 186 Å². The number of para-hydroxylation sites is 2. The molecule has 6 N–H and O–H groups in total. The molecule has 9 nitrogen and oxygen atoms in total. The average molecular weight is 436 g/mol. The summed E-state index contributed by atoms with van der Waals surface area (Å²) in [6.07, 6.45) is 2.22. The summed E-state index contributed by atoms with van der Waals surface area (Å²) in [5.74, 6) is 4.91. The van der Waals surface area contributed by atoms with Crippen LogP contribution in [0, 0.1) is 5.92 Å². The largest absolute Gasteiger partial charge is 0.436 e. The Morgan fingerprint density at radius 2 is 1.97 bits per heavy atom. The van der Waals surface area contributed by atoms with E-state index in [2.05, 4.69) is 20.7 Å². The fourth-order valence-corrected chi connectivity index (χ4v) is 4.52.